The fourth-order valence-corrected chi connectivity index (χ4v) is 2.57. The highest BCUT2D eigenvalue weighted by molar-refractivity contribution is 5.33. The van der Waals surface area contributed by atoms with Crippen LogP contribution in [0.3, 0.4) is 0 Å². The molecule has 2 atom stereocenters. The molecular weight excluding hydrogens is 212 g/mol. The first-order valence-corrected chi connectivity index (χ1v) is 6.66. The zero-order chi connectivity index (χ0) is 12.1. The van der Waals surface area contributed by atoms with Gasteiger partial charge in [-0.05, 0) is 43.2 Å². The Balaban J connectivity index is 2.06. The Morgan fingerprint density at radius 2 is 2.00 bits per heavy atom. The van der Waals surface area contributed by atoms with E-state index in [1.807, 2.05) is 24.3 Å². The summed E-state index contributed by atoms with van der Waals surface area (Å²) in [5, 5.41) is 9.05. The lowest BCUT2D eigenvalue weighted by Gasteiger charge is -2.30. The van der Waals surface area contributed by atoms with Crippen molar-refractivity contribution in [3.63, 3.8) is 0 Å². The molecule has 2 rings (SSSR count). The summed E-state index contributed by atoms with van der Waals surface area (Å²) in [5.74, 6) is 1.60. The quantitative estimate of drug-likeness (QED) is 0.867. The van der Waals surface area contributed by atoms with E-state index >= 15 is 0 Å². The molecule has 2 nitrogen and oxygen atoms in total. The summed E-state index contributed by atoms with van der Waals surface area (Å²) in [5.41, 5.74) is 1.12. The normalized spacial score (nSPS) is 24.6. The van der Waals surface area contributed by atoms with Crippen LogP contribution in [-0.2, 0) is 6.42 Å². The third-order valence-electron chi connectivity index (χ3n) is 3.66. The van der Waals surface area contributed by atoms with Gasteiger partial charge in [-0.3, -0.25) is 0 Å². The third kappa shape index (κ3) is 3.22. The zero-order valence-electron chi connectivity index (χ0n) is 10.6. The number of rotatable bonds is 4. The number of para-hydroxylation sites is 1. The van der Waals surface area contributed by atoms with Crippen LogP contribution in [-0.4, -0.2) is 17.8 Å². The Morgan fingerprint density at radius 1 is 1.24 bits per heavy atom. The maximum absolute atomic E-state index is 9.05. The van der Waals surface area contributed by atoms with E-state index in [4.69, 9.17) is 9.84 Å². The van der Waals surface area contributed by atoms with Gasteiger partial charge < -0.3 is 9.84 Å². The van der Waals surface area contributed by atoms with E-state index in [1.165, 1.54) is 19.3 Å². The van der Waals surface area contributed by atoms with Gasteiger partial charge in [-0.25, -0.2) is 0 Å². The maximum atomic E-state index is 9.05. The lowest BCUT2D eigenvalue weighted by Crippen LogP contribution is -2.28. The van der Waals surface area contributed by atoms with Crippen molar-refractivity contribution in [2.24, 2.45) is 5.92 Å². The van der Waals surface area contributed by atoms with Gasteiger partial charge in [-0.2, -0.15) is 0 Å². The molecular formula is C15H22O2. The lowest BCUT2D eigenvalue weighted by atomic mass is 9.88. The van der Waals surface area contributed by atoms with Crippen LogP contribution >= 0.6 is 0 Å². The summed E-state index contributed by atoms with van der Waals surface area (Å²) >= 11 is 0. The molecule has 0 heterocycles. The molecule has 1 saturated carbocycles. The van der Waals surface area contributed by atoms with E-state index in [-0.39, 0.29) is 6.61 Å². The van der Waals surface area contributed by atoms with Gasteiger partial charge in [0.05, 0.1) is 0 Å². The zero-order valence-corrected chi connectivity index (χ0v) is 10.6. The van der Waals surface area contributed by atoms with Crippen LogP contribution in [0.4, 0.5) is 0 Å². The average Bonchev–Trinajstić information content (AvgIpc) is 2.35. The van der Waals surface area contributed by atoms with Crippen LogP contribution < -0.4 is 4.74 Å². The van der Waals surface area contributed by atoms with Crippen molar-refractivity contribution < 1.29 is 9.84 Å². The molecule has 0 aromatic heterocycles. The summed E-state index contributed by atoms with van der Waals surface area (Å²) in [6.07, 6.45) is 6.07. The largest absolute Gasteiger partial charge is 0.490 e. The van der Waals surface area contributed by atoms with Crippen molar-refractivity contribution in [3.8, 4) is 5.75 Å². The molecule has 1 fully saturated rings. The van der Waals surface area contributed by atoms with Crippen LogP contribution in [0, 0.1) is 5.92 Å². The number of hydrogen-bond acceptors (Lipinski definition) is 2. The van der Waals surface area contributed by atoms with Gasteiger partial charge in [0.25, 0.3) is 0 Å². The maximum Gasteiger partial charge on any atom is 0.123 e. The number of benzene rings is 1. The predicted molar refractivity (Wildman–Crippen MR) is 69.3 cm³/mol. The van der Waals surface area contributed by atoms with E-state index < -0.39 is 0 Å². The number of ether oxygens (including phenoxy) is 1. The van der Waals surface area contributed by atoms with Crippen molar-refractivity contribution in [1.82, 2.24) is 0 Å². The fraction of sp³-hybridized carbons (Fsp3) is 0.600. The van der Waals surface area contributed by atoms with Gasteiger partial charge in [0.1, 0.15) is 11.9 Å². The first-order valence-electron chi connectivity index (χ1n) is 6.66. The van der Waals surface area contributed by atoms with Crippen molar-refractivity contribution in [3.05, 3.63) is 29.8 Å². The van der Waals surface area contributed by atoms with Crippen molar-refractivity contribution in [2.75, 3.05) is 6.61 Å². The van der Waals surface area contributed by atoms with E-state index in [0.717, 1.165) is 17.7 Å². The summed E-state index contributed by atoms with van der Waals surface area (Å²) in [6, 6.07) is 8.07. The van der Waals surface area contributed by atoms with Crippen LogP contribution in [0.1, 0.15) is 38.2 Å². The van der Waals surface area contributed by atoms with Gasteiger partial charge in [0.15, 0.2) is 0 Å². The highest BCUT2D eigenvalue weighted by atomic mass is 16.5. The predicted octanol–water partition coefficient (Wildman–Crippen LogP) is 3.18. The molecule has 0 unspecified atom stereocenters. The molecule has 1 aliphatic carbocycles. The summed E-state index contributed by atoms with van der Waals surface area (Å²) in [4.78, 5) is 0. The Hall–Kier alpha value is -1.02. The monoisotopic (exact) mass is 234 g/mol. The smallest absolute Gasteiger partial charge is 0.123 e. The Morgan fingerprint density at radius 3 is 2.76 bits per heavy atom. The molecule has 0 spiro atoms. The molecule has 0 bridgehead atoms. The second-order valence-corrected chi connectivity index (χ2v) is 5.00. The summed E-state index contributed by atoms with van der Waals surface area (Å²) < 4.78 is 6.14. The number of hydrogen-bond donors (Lipinski definition) is 1. The van der Waals surface area contributed by atoms with Crippen LogP contribution in [0.15, 0.2) is 24.3 Å². The molecule has 2 heteroatoms. The first kappa shape index (κ1) is 12.4. The Kier molecular flexibility index (Phi) is 4.43. The first-order chi connectivity index (χ1) is 8.31. The molecule has 1 N–H and O–H groups in total. The van der Waals surface area contributed by atoms with Gasteiger partial charge in [0, 0.05) is 6.61 Å². The average molecular weight is 234 g/mol. The van der Waals surface area contributed by atoms with Crippen LogP contribution in [0.2, 0.25) is 0 Å². The SMILES string of the molecule is C[C@H]1CCCC[C@H]1Oc1ccccc1CCO. The molecule has 1 aromatic carbocycles. The number of aliphatic hydroxyl groups excluding tert-OH is 1. The summed E-state index contributed by atoms with van der Waals surface area (Å²) in [6.45, 7) is 2.46. The standard InChI is InChI=1S/C15H22O2/c1-12-6-2-4-8-14(12)17-15-9-5-3-7-13(15)10-11-16/h3,5,7,9,12,14,16H,2,4,6,8,10-11H2,1H3/t12-,14+/m0/s1. The van der Waals surface area contributed by atoms with Crippen LogP contribution in [0.25, 0.3) is 0 Å². The molecule has 0 aliphatic heterocycles. The van der Waals surface area contributed by atoms with Gasteiger partial charge >= 0.3 is 0 Å². The molecule has 17 heavy (non-hydrogen) atoms. The van der Waals surface area contributed by atoms with Crippen molar-refractivity contribution >= 4 is 0 Å². The van der Waals surface area contributed by atoms with E-state index in [2.05, 4.69) is 6.92 Å². The van der Waals surface area contributed by atoms with E-state index in [1.54, 1.807) is 0 Å². The number of aliphatic hydroxyl groups is 1. The van der Waals surface area contributed by atoms with E-state index in [9.17, 15) is 0 Å². The molecule has 1 aromatic rings. The van der Waals surface area contributed by atoms with E-state index in [0.29, 0.717) is 18.4 Å². The minimum atomic E-state index is 0.181. The van der Waals surface area contributed by atoms with Crippen molar-refractivity contribution in [2.45, 2.75) is 45.1 Å². The minimum absolute atomic E-state index is 0.181. The van der Waals surface area contributed by atoms with Gasteiger partial charge in [-0.1, -0.05) is 31.5 Å². The van der Waals surface area contributed by atoms with Gasteiger partial charge in [-0.15, -0.1) is 0 Å². The van der Waals surface area contributed by atoms with Crippen molar-refractivity contribution in [1.29, 1.82) is 0 Å². The second kappa shape index (κ2) is 6.06. The fourth-order valence-electron chi connectivity index (χ4n) is 2.57. The molecule has 0 radical (unpaired) electrons. The molecule has 0 amide bonds. The van der Waals surface area contributed by atoms with Crippen LogP contribution in [0.5, 0.6) is 5.75 Å². The third-order valence-corrected chi connectivity index (χ3v) is 3.66. The lowest BCUT2D eigenvalue weighted by molar-refractivity contribution is 0.101. The molecule has 0 saturated heterocycles. The Bertz CT molecular complexity index is 349. The highest BCUT2D eigenvalue weighted by Crippen LogP contribution is 2.29. The highest BCUT2D eigenvalue weighted by Gasteiger charge is 2.23. The minimum Gasteiger partial charge on any atom is -0.490 e. The van der Waals surface area contributed by atoms with Gasteiger partial charge in [0.2, 0.25) is 0 Å². The molecule has 94 valence electrons. The topological polar surface area (TPSA) is 29.5 Å². The summed E-state index contributed by atoms with van der Waals surface area (Å²) in [7, 11) is 0. The molecule has 1 aliphatic rings. The second-order valence-electron chi connectivity index (χ2n) is 5.00. The Labute approximate surface area is 104 Å².